The lowest BCUT2D eigenvalue weighted by molar-refractivity contribution is -0.139. The summed E-state index contributed by atoms with van der Waals surface area (Å²) in [6.45, 7) is 28.5. The zero-order valence-electron chi connectivity index (χ0n) is 26.4. The molecular weight excluding hydrogens is 448 g/mol. The van der Waals surface area contributed by atoms with Crippen LogP contribution in [0.3, 0.4) is 0 Å². The third-order valence-electron chi connectivity index (χ3n) is 6.62. The van der Waals surface area contributed by atoms with E-state index in [2.05, 4.69) is 83.1 Å². The first-order valence-electron chi connectivity index (χ1n) is 15.1. The maximum absolute atomic E-state index is 10.8. The van der Waals surface area contributed by atoms with Crippen LogP contribution in [-0.2, 0) is 14.2 Å². The SMILES string of the molecule is CC(C)CC(CC(C)C)OCC(CO)(COC(CC(C)C)CC(C)C)COC(CC(C)C)CC(C)C. The molecule has 0 bridgehead atoms. The van der Waals surface area contributed by atoms with E-state index in [-0.39, 0.29) is 24.9 Å². The highest BCUT2D eigenvalue weighted by Crippen LogP contribution is 2.28. The minimum atomic E-state index is -0.551. The number of aliphatic hydroxyl groups excluding tert-OH is 1. The first kappa shape index (κ1) is 35.8. The van der Waals surface area contributed by atoms with Crippen molar-refractivity contribution < 1.29 is 19.3 Å². The van der Waals surface area contributed by atoms with Gasteiger partial charge < -0.3 is 19.3 Å². The lowest BCUT2D eigenvalue weighted by Crippen LogP contribution is -2.44. The van der Waals surface area contributed by atoms with Gasteiger partial charge in [-0.25, -0.2) is 0 Å². The van der Waals surface area contributed by atoms with Gasteiger partial charge in [0.1, 0.15) is 0 Å². The largest absolute Gasteiger partial charge is 0.396 e. The highest BCUT2D eigenvalue weighted by atomic mass is 16.5. The summed E-state index contributed by atoms with van der Waals surface area (Å²) in [5, 5.41) is 10.8. The molecule has 0 aliphatic carbocycles. The van der Waals surface area contributed by atoms with Crippen molar-refractivity contribution in [1.82, 2.24) is 0 Å². The number of hydrogen-bond donors (Lipinski definition) is 1. The fraction of sp³-hybridized carbons (Fsp3) is 1.00. The highest BCUT2D eigenvalue weighted by molar-refractivity contribution is 4.82. The maximum atomic E-state index is 10.8. The van der Waals surface area contributed by atoms with Crippen molar-refractivity contribution in [2.75, 3.05) is 26.4 Å². The van der Waals surface area contributed by atoms with Gasteiger partial charge in [0.05, 0.1) is 50.2 Å². The molecule has 0 radical (unpaired) electrons. The maximum Gasteiger partial charge on any atom is 0.0635 e. The van der Waals surface area contributed by atoms with Crippen LogP contribution in [0.1, 0.15) is 122 Å². The molecule has 0 aromatic carbocycles. The first-order valence-corrected chi connectivity index (χ1v) is 15.1. The van der Waals surface area contributed by atoms with E-state index in [0.29, 0.717) is 55.3 Å². The second kappa shape index (κ2) is 19.0. The minimum Gasteiger partial charge on any atom is -0.396 e. The molecule has 1 N–H and O–H groups in total. The summed E-state index contributed by atoms with van der Waals surface area (Å²) < 4.78 is 19.8. The number of aliphatic hydroxyl groups is 1. The summed E-state index contributed by atoms with van der Waals surface area (Å²) in [7, 11) is 0. The van der Waals surface area contributed by atoms with Gasteiger partial charge in [0.25, 0.3) is 0 Å². The Bertz CT molecular complexity index is 413. The monoisotopic (exact) mass is 514 g/mol. The molecule has 4 heteroatoms. The zero-order valence-corrected chi connectivity index (χ0v) is 26.4. The quantitative estimate of drug-likeness (QED) is 0.158. The van der Waals surface area contributed by atoms with Crippen molar-refractivity contribution in [2.45, 2.75) is 140 Å². The molecule has 0 saturated carbocycles. The predicted molar refractivity (Wildman–Crippen MR) is 155 cm³/mol. The van der Waals surface area contributed by atoms with Gasteiger partial charge in [-0.3, -0.25) is 0 Å². The Morgan fingerprint density at radius 3 is 0.750 bits per heavy atom. The van der Waals surface area contributed by atoms with Crippen molar-refractivity contribution >= 4 is 0 Å². The van der Waals surface area contributed by atoms with E-state index in [1.807, 2.05) is 0 Å². The number of hydrogen-bond acceptors (Lipinski definition) is 4. The van der Waals surface area contributed by atoms with E-state index in [0.717, 1.165) is 38.5 Å². The molecule has 0 unspecified atom stereocenters. The lowest BCUT2D eigenvalue weighted by Gasteiger charge is -2.37. The van der Waals surface area contributed by atoms with Gasteiger partial charge in [0.15, 0.2) is 0 Å². The third-order valence-corrected chi connectivity index (χ3v) is 6.62. The molecule has 218 valence electrons. The molecule has 0 fully saturated rings. The molecule has 0 aliphatic rings. The van der Waals surface area contributed by atoms with Crippen LogP contribution in [-0.4, -0.2) is 49.8 Å². The summed E-state index contributed by atoms with van der Waals surface area (Å²) in [5.74, 6) is 3.46. The van der Waals surface area contributed by atoms with Crippen molar-refractivity contribution in [3.05, 3.63) is 0 Å². The molecule has 0 aliphatic heterocycles. The van der Waals surface area contributed by atoms with Crippen LogP contribution in [0.25, 0.3) is 0 Å². The zero-order chi connectivity index (χ0) is 27.9. The van der Waals surface area contributed by atoms with E-state index in [1.54, 1.807) is 0 Å². The van der Waals surface area contributed by atoms with Crippen LogP contribution in [0.2, 0.25) is 0 Å². The Labute approximate surface area is 226 Å². The van der Waals surface area contributed by atoms with E-state index in [9.17, 15) is 5.11 Å². The van der Waals surface area contributed by atoms with Crippen LogP contribution < -0.4 is 0 Å². The Balaban J connectivity index is 5.71. The van der Waals surface area contributed by atoms with Gasteiger partial charge in [-0.05, 0) is 74.0 Å². The van der Waals surface area contributed by atoms with Crippen molar-refractivity contribution in [1.29, 1.82) is 0 Å². The topological polar surface area (TPSA) is 47.9 Å². The molecular formula is C32H66O4. The molecule has 4 nitrogen and oxygen atoms in total. The van der Waals surface area contributed by atoms with Crippen LogP contribution in [0, 0.1) is 40.9 Å². The second-order valence-electron chi connectivity index (χ2n) is 14.2. The van der Waals surface area contributed by atoms with Crippen molar-refractivity contribution in [3.63, 3.8) is 0 Å². The first-order chi connectivity index (χ1) is 16.7. The van der Waals surface area contributed by atoms with E-state index in [4.69, 9.17) is 14.2 Å². The highest BCUT2D eigenvalue weighted by Gasteiger charge is 2.35. The molecule has 0 heterocycles. The Morgan fingerprint density at radius 2 is 0.611 bits per heavy atom. The standard InChI is InChI=1S/C32H66O4/c1-23(2)13-29(14-24(3)4)34-20-32(19-33,21-35-30(15-25(5)6)16-26(7)8)22-36-31(17-27(9)10)18-28(11)12/h23-31,33H,13-22H2,1-12H3. The third kappa shape index (κ3) is 18.2. The molecule has 36 heavy (non-hydrogen) atoms. The minimum absolute atomic E-state index is 0.00916. The molecule has 0 saturated heterocycles. The Morgan fingerprint density at radius 1 is 0.417 bits per heavy atom. The average molecular weight is 515 g/mol. The predicted octanol–water partition coefficient (Wildman–Crippen LogP) is 8.40. The van der Waals surface area contributed by atoms with Gasteiger partial charge in [0.2, 0.25) is 0 Å². The van der Waals surface area contributed by atoms with Crippen molar-refractivity contribution in [2.24, 2.45) is 40.9 Å². The summed E-state index contributed by atoms with van der Waals surface area (Å²) in [4.78, 5) is 0. The van der Waals surface area contributed by atoms with Crippen LogP contribution in [0.4, 0.5) is 0 Å². The van der Waals surface area contributed by atoms with Gasteiger partial charge >= 0.3 is 0 Å². The van der Waals surface area contributed by atoms with Crippen LogP contribution >= 0.6 is 0 Å². The molecule has 0 atom stereocenters. The smallest absolute Gasteiger partial charge is 0.0635 e. The molecule has 0 rings (SSSR count). The fourth-order valence-electron chi connectivity index (χ4n) is 5.00. The molecule has 0 amide bonds. The Hall–Kier alpha value is -0.160. The van der Waals surface area contributed by atoms with E-state index < -0.39 is 5.41 Å². The summed E-state index contributed by atoms with van der Waals surface area (Å²) in [5.41, 5.74) is -0.551. The summed E-state index contributed by atoms with van der Waals surface area (Å²) >= 11 is 0. The van der Waals surface area contributed by atoms with E-state index >= 15 is 0 Å². The van der Waals surface area contributed by atoms with Crippen LogP contribution in [0.15, 0.2) is 0 Å². The Kier molecular flexibility index (Phi) is 18.9. The lowest BCUT2D eigenvalue weighted by atomic mass is 9.90. The van der Waals surface area contributed by atoms with Gasteiger partial charge in [0, 0.05) is 0 Å². The average Bonchev–Trinajstić information content (AvgIpc) is 2.70. The van der Waals surface area contributed by atoms with Gasteiger partial charge in [-0.15, -0.1) is 0 Å². The van der Waals surface area contributed by atoms with Gasteiger partial charge in [-0.1, -0.05) is 83.1 Å². The molecule has 0 aromatic rings. The fourth-order valence-corrected chi connectivity index (χ4v) is 5.00. The van der Waals surface area contributed by atoms with Gasteiger partial charge in [-0.2, -0.15) is 0 Å². The normalized spacial score (nSPS) is 13.5. The molecule has 0 aromatic heterocycles. The number of rotatable bonds is 22. The summed E-state index contributed by atoms with van der Waals surface area (Å²) in [6.07, 6.45) is 6.80. The van der Waals surface area contributed by atoms with Crippen molar-refractivity contribution in [3.8, 4) is 0 Å². The number of ether oxygens (including phenoxy) is 3. The summed E-state index contributed by atoms with van der Waals surface area (Å²) in [6, 6.07) is 0. The second-order valence-corrected chi connectivity index (χ2v) is 14.2. The van der Waals surface area contributed by atoms with E-state index in [1.165, 1.54) is 0 Å². The van der Waals surface area contributed by atoms with Crippen LogP contribution in [0.5, 0.6) is 0 Å². The molecule has 0 spiro atoms.